The highest BCUT2D eigenvalue weighted by Crippen LogP contribution is 2.29. The first-order valence-electron chi connectivity index (χ1n) is 9.21. The van der Waals surface area contributed by atoms with Crippen LogP contribution < -0.4 is 5.73 Å². The fourth-order valence-electron chi connectivity index (χ4n) is 3.08. The molecule has 0 radical (unpaired) electrons. The summed E-state index contributed by atoms with van der Waals surface area (Å²) in [7, 11) is 1.33. The average molecular weight is 440 g/mol. The summed E-state index contributed by atoms with van der Waals surface area (Å²) in [5.41, 5.74) is 6.97. The molecule has 0 fully saturated rings. The van der Waals surface area contributed by atoms with E-state index in [0.717, 1.165) is 10.8 Å². The molecule has 0 atom stereocenters. The number of primary amides is 1. The monoisotopic (exact) mass is 440 g/mol. The van der Waals surface area contributed by atoms with Crippen molar-refractivity contribution in [2.45, 2.75) is 6.18 Å². The predicted octanol–water partition coefficient (Wildman–Crippen LogP) is 3.11. The van der Waals surface area contributed by atoms with Gasteiger partial charge in [0.15, 0.2) is 17.2 Å². The van der Waals surface area contributed by atoms with Gasteiger partial charge >= 0.3 is 6.18 Å². The maximum Gasteiger partial charge on any atom is 0.434 e. The number of ketones is 1. The lowest BCUT2D eigenvalue weighted by atomic mass is 10.1. The van der Waals surface area contributed by atoms with Gasteiger partial charge in [-0.05, 0) is 6.08 Å². The molecule has 1 amide bonds. The third-order valence-corrected chi connectivity index (χ3v) is 4.65. The Kier molecular flexibility index (Phi) is 5.09. The Labute approximate surface area is 178 Å². The van der Waals surface area contributed by atoms with E-state index in [2.05, 4.69) is 19.9 Å². The van der Waals surface area contributed by atoms with Gasteiger partial charge in [-0.25, -0.2) is 15.0 Å². The highest BCUT2D eigenvalue weighted by molar-refractivity contribution is 6.07. The van der Waals surface area contributed by atoms with Gasteiger partial charge < -0.3 is 15.3 Å². The number of amides is 1. The van der Waals surface area contributed by atoms with Crippen molar-refractivity contribution in [3.05, 3.63) is 71.6 Å². The summed E-state index contributed by atoms with van der Waals surface area (Å²) in [4.78, 5) is 38.8. The number of H-pyrrole nitrogens is 1. The molecule has 0 saturated heterocycles. The fourth-order valence-corrected chi connectivity index (χ4v) is 3.08. The number of halogens is 3. The third-order valence-electron chi connectivity index (χ3n) is 4.65. The first-order chi connectivity index (χ1) is 15.1. The zero-order valence-corrected chi connectivity index (χ0v) is 16.5. The Bertz CT molecular complexity index is 1370. The first kappa shape index (κ1) is 21.0. The van der Waals surface area contributed by atoms with E-state index in [0.29, 0.717) is 28.0 Å². The summed E-state index contributed by atoms with van der Waals surface area (Å²) in [6.07, 6.45) is 2.03. The lowest BCUT2D eigenvalue weighted by molar-refractivity contribution is -0.141. The molecule has 3 heterocycles. The van der Waals surface area contributed by atoms with Gasteiger partial charge in [-0.1, -0.05) is 24.3 Å². The van der Waals surface area contributed by atoms with E-state index in [1.54, 1.807) is 18.3 Å². The second-order valence-electron chi connectivity index (χ2n) is 6.90. The van der Waals surface area contributed by atoms with Crippen LogP contribution in [0.1, 0.15) is 27.4 Å². The molecular formula is C21H15F3N6O2. The minimum atomic E-state index is -4.64. The van der Waals surface area contributed by atoms with Crippen LogP contribution in [0.3, 0.4) is 0 Å². The van der Waals surface area contributed by atoms with Crippen molar-refractivity contribution < 1.29 is 22.8 Å². The Morgan fingerprint density at radius 2 is 1.88 bits per heavy atom. The summed E-state index contributed by atoms with van der Waals surface area (Å²) in [6, 6.07) is 6.19. The Balaban J connectivity index is 1.63. The molecular weight excluding hydrogens is 425 g/mol. The molecule has 8 nitrogen and oxygen atoms in total. The molecule has 11 heteroatoms. The smallest absolute Gasteiger partial charge is 0.366 e. The normalized spacial score (nSPS) is 12.0. The van der Waals surface area contributed by atoms with E-state index in [-0.39, 0.29) is 11.4 Å². The molecule has 32 heavy (non-hydrogen) atoms. The number of hydrogen-bond acceptors (Lipinski definition) is 5. The number of aromatic nitrogens is 5. The van der Waals surface area contributed by atoms with Crippen molar-refractivity contribution in [1.29, 1.82) is 0 Å². The number of nitrogens with two attached hydrogens (primary N) is 1. The van der Waals surface area contributed by atoms with Crippen LogP contribution in [-0.2, 0) is 18.0 Å². The molecule has 162 valence electrons. The maximum atomic E-state index is 12.9. The molecule has 0 unspecified atom stereocenters. The van der Waals surface area contributed by atoms with Crippen LogP contribution in [0, 0.1) is 0 Å². The largest absolute Gasteiger partial charge is 0.434 e. The number of rotatable bonds is 5. The highest BCUT2D eigenvalue weighted by atomic mass is 19.4. The number of benzene rings is 1. The van der Waals surface area contributed by atoms with Gasteiger partial charge in [0.1, 0.15) is 5.52 Å². The van der Waals surface area contributed by atoms with E-state index in [1.165, 1.54) is 37.5 Å². The van der Waals surface area contributed by atoms with Crippen molar-refractivity contribution in [2.75, 3.05) is 0 Å². The number of aromatic amines is 1. The van der Waals surface area contributed by atoms with Gasteiger partial charge in [-0.2, -0.15) is 13.2 Å². The van der Waals surface area contributed by atoms with Crippen LogP contribution in [0.15, 0.2) is 48.9 Å². The molecule has 0 aliphatic rings. The van der Waals surface area contributed by atoms with Gasteiger partial charge in [0.05, 0.1) is 11.9 Å². The average Bonchev–Trinajstić information content (AvgIpc) is 3.34. The predicted molar refractivity (Wildman–Crippen MR) is 109 cm³/mol. The molecule has 4 rings (SSSR count). The number of carbonyl (C=O) groups excluding carboxylic acids is 2. The number of nitrogens with one attached hydrogen (secondary N) is 1. The Morgan fingerprint density at radius 3 is 2.50 bits per heavy atom. The van der Waals surface area contributed by atoms with Crippen molar-refractivity contribution in [2.24, 2.45) is 12.8 Å². The van der Waals surface area contributed by atoms with Crippen molar-refractivity contribution in [3.63, 3.8) is 0 Å². The van der Waals surface area contributed by atoms with Crippen molar-refractivity contribution >= 4 is 28.9 Å². The minimum Gasteiger partial charge on any atom is -0.366 e. The topological polar surface area (TPSA) is 120 Å². The van der Waals surface area contributed by atoms with E-state index in [4.69, 9.17) is 5.73 Å². The molecule has 0 spiro atoms. The number of nitrogens with zero attached hydrogens (tertiary/aromatic N) is 4. The number of imidazole rings is 1. The fraction of sp³-hybridized carbons (Fsp3) is 0.0952. The van der Waals surface area contributed by atoms with Crippen LogP contribution in [0.2, 0.25) is 0 Å². The molecule has 4 aromatic rings. The Hall–Kier alpha value is -4.28. The summed E-state index contributed by atoms with van der Waals surface area (Å²) in [5, 5.41) is 0. The lowest BCUT2D eigenvalue weighted by Crippen LogP contribution is -2.09. The molecule has 0 saturated carbocycles. The molecule has 3 aromatic heterocycles. The van der Waals surface area contributed by atoms with Gasteiger partial charge in [-0.15, -0.1) is 0 Å². The van der Waals surface area contributed by atoms with Gasteiger partial charge in [0.25, 0.3) is 0 Å². The molecule has 1 aromatic carbocycles. The summed E-state index contributed by atoms with van der Waals surface area (Å²) < 4.78 is 39.6. The van der Waals surface area contributed by atoms with E-state index >= 15 is 0 Å². The number of fused-ring (bicyclic) bond motifs is 1. The number of hydrogen-bond donors (Lipinski definition) is 2. The SMILES string of the molecule is Cn1cc(C(F)(F)F)nc1C(=O)c1ccc(-c2cnc3[nH]cc(C=CC(N)=O)c3n2)cc1. The summed E-state index contributed by atoms with van der Waals surface area (Å²) in [6.45, 7) is 0. The molecule has 0 aliphatic carbocycles. The lowest BCUT2D eigenvalue weighted by Gasteiger charge is -2.04. The van der Waals surface area contributed by atoms with Crippen LogP contribution in [0.4, 0.5) is 13.2 Å². The van der Waals surface area contributed by atoms with Crippen LogP contribution >= 0.6 is 0 Å². The van der Waals surface area contributed by atoms with Crippen molar-refractivity contribution in [3.8, 4) is 11.3 Å². The van der Waals surface area contributed by atoms with Gasteiger partial charge in [-0.3, -0.25) is 9.59 Å². The van der Waals surface area contributed by atoms with Crippen molar-refractivity contribution in [1.82, 2.24) is 24.5 Å². The second-order valence-corrected chi connectivity index (χ2v) is 6.90. The molecule has 0 bridgehead atoms. The van der Waals surface area contributed by atoms with E-state index in [1.807, 2.05) is 0 Å². The number of carbonyl (C=O) groups is 2. The zero-order valence-electron chi connectivity index (χ0n) is 16.5. The van der Waals surface area contributed by atoms with Crippen LogP contribution in [-0.4, -0.2) is 36.2 Å². The highest BCUT2D eigenvalue weighted by Gasteiger charge is 2.35. The first-order valence-corrected chi connectivity index (χ1v) is 9.21. The van der Waals surface area contributed by atoms with Crippen LogP contribution in [0.25, 0.3) is 28.5 Å². The van der Waals surface area contributed by atoms with Crippen LogP contribution in [0.5, 0.6) is 0 Å². The van der Waals surface area contributed by atoms with E-state index in [9.17, 15) is 22.8 Å². The van der Waals surface area contributed by atoms with Gasteiger partial charge in [0, 0.05) is 42.2 Å². The minimum absolute atomic E-state index is 0.178. The maximum absolute atomic E-state index is 12.9. The number of alkyl halides is 3. The zero-order chi connectivity index (χ0) is 23.0. The van der Waals surface area contributed by atoms with E-state index < -0.39 is 23.6 Å². The quantitative estimate of drug-likeness (QED) is 0.365. The summed E-state index contributed by atoms with van der Waals surface area (Å²) >= 11 is 0. The van der Waals surface area contributed by atoms with Gasteiger partial charge in [0.2, 0.25) is 11.7 Å². The molecule has 3 N–H and O–H groups in total. The Morgan fingerprint density at radius 1 is 1.16 bits per heavy atom. The third kappa shape index (κ3) is 4.00. The standard InChI is InChI=1S/C21H15F3N6O2/c1-30-10-15(21(22,23)24)29-20(30)18(32)12-4-2-11(3-5-12)14-9-27-19-17(28-14)13(8-26-19)6-7-16(25)31/h2-10H,1H3,(H2,25,31)(H,26,27). The molecule has 0 aliphatic heterocycles. The number of aryl methyl sites for hydroxylation is 1. The summed E-state index contributed by atoms with van der Waals surface area (Å²) in [5.74, 6) is -1.55. The second kappa shape index (κ2) is 7.76.